The molecule has 1 atom stereocenters. The van der Waals surface area contributed by atoms with Gasteiger partial charge < -0.3 is 9.88 Å². The van der Waals surface area contributed by atoms with Crippen LogP contribution >= 0.6 is 0 Å². The van der Waals surface area contributed by atoms with E-state index in [0.29, 0.717) is 0 Å². The maximum absolute atomic E-state index is 4.20. The average Bonchev–Trinajstić information content (AvgIpc) is 2.65. The zero-order valence-electron chi connectivity index (χ0n) is 7.45. The average molecular weight is 165 g/mol. The summed E-state index contributed by atoms with van der Waals surface area (Å²) in [6, 6.07) is 0. The maximum Gasteiger partial charge on any atom is 0.105 e. The fourth-order valence-corrected chi connectivity index (χ4v) is 1.75. The highest BCUT2D eigenvalue weighted by atomic mass is 15.1. The Labute approximate surface area is 72.8 Å². The highest BCUT2D eigenvalue weighted by Crippen LogP contribution is 2.11. The molecule has 1 N–H and O–H groups in total. The number of hydrogen-bond donors (Lipinski definition) is 1. The zero-order chi connectivity index (χ0) is 8.39. The first kappa shape index (κ1) is 7.80. The molecule has 3 heteroatoms. The maximum atomic E-state index is 4.20. The molecular weight excluding hydrogens is 150 g/mol. The highest BCUT2D eigenvalue weighted by molar-refractivity contribution is 4.89. The van der Waals surface area contributed by atoms with Crippen molar-refractivity contribution in [3.8, 4) is 0 Å². The summed E-state index contributed by atoms with van der Waals surface area (Å²) in [6.07, 6.45) is 5.24. The number of aryl methyl sites for hydroxylation is 1. The number of nitrogens with one attached hydrogen (secondary N) is 1. The molecule has 1 saturated heterocycles. The van der Waals surface area contributed by atoms with E-state index in [1.807, 2.05) is 6.20 Å². The Morgan fingerprint density at radius 2 is 2.67 bits per heavy atom. The Morgan fingerprint density at radius 3 is 3.25 bits per heavy atom. The molecule has 0 spiro atoms. The number of rotatable bonds is 2. The summed E-state index contributed by atoms with van der Waals surface area (Å²) in [7, 11) is 0. The molecular formula is C9H15N3. The molecule has 1 unspecified atom stereocenters. The minimum Gasteiger partial charge on any atom is -0.335 e. The van der Waals surface area contributed by atoms with Crippen molar-refractivity contribution in [1.82, 2.24) is 14.9 Å². The standard InChI is InChI=1S/C9H15N3/c1-8-11-4-5-12(8)7-9-2-3-10-6-9/h4-5,9-10H,2-3,6-7H2,1H3. The van der Waals surface area contributed by atoms with Crippen LogP contribution in [0.3, 0.4) is 0 Å². The highest BCUT2D eigenvalue weighted by Gasteiger charge is 2.14. The normalized spacial score (nSPS) is 23.2. The number of aromatic nitrogens is 2. The summed E-state index contributed by atoms with van der Waals surface area (Å²) in [4.78, 5) is 4.20. The fraction of sp³-hybridized carbons (Fsp3) is 0.667. The first-order chi connectivity index (χ1) is 5.86. The third-order valence-corrected chi connectivity index (χ3v) is 2.54. The summed E-state index contributed by atoms with van der Waals surface area (Å²) in [5, 5.41) is 3.37. The van der Waals surface area contributed by atoms with Crippen molar-refractivity contribution >= 4 is 0 Å². The van der Waals surface area contributed by atoms with Crippen LogP contribution < -0.4 is 5.32 Å². The quantitative estimate of drug-likeness (QED) is 0.702. The van der Waals surface area contributed by atoms with Gasteiger partial charge in [0.05, 0.1) is 0 Å². The molecule has 1 aromatic heterocycles. The Morgan fingerprint density at radius 1 is 1.75 bits per heavy atom. The topological polar surface area (TPSA) is 29.9 Å². The Bertz CT molecular complexity index is 248. The van der Waals surface area contributed by atoms with Crippen molar-refractivity contribution in [1.29, 1.82) is 0 Å². The minimum absolute atomic E-state index is 0.804. The van der Waals surface area contributed by atoms with Crippen LogP contribution in [0.2, 0.25) is 0 Å². The van der Waals surface area contributed by atoms with Gasteiger partial charge in [0.15, 0.2) is 0 Å². The number of nitrogens with zero attached hydrogens (tertiary/aromatic N) is 2. The lowest BCUT2D eigenvalue weighted by Gasteiger charge is -2.10. The molecule has 0 saturated carbocycles. The molecule has 1 aliphatic heterocycles. The van der Waals surface area contributed by atoms with Gasteiger partial charge in [0, 0.05) is 18.9 Å². The fourth-order valence-electron chi connectivity index (χ4n) is 1.75. The van der Waals surface area contributed by atoms with Crippen molar-refractivity contribution in [2.75, 3.05) is 13.1 Å². The molecule has 2 rings (SSSR count). The largest absolute Gasteiger partial charge is 0.335 e. The lowest BCUT2D eigenvalue weighted by Crippen LogP contribution is -2.14. The predicted octanol–water partition coefficient (Wildman–Crippen LogP) is 0.801. The third-order valence-electron chi connectivity index (χ3n) is 2.54. The van der Waals surface area contributed by atoms with E-state index < -0.39 is 0 Å². The number of imidazole rings is 1. The summed E-state index contributed by atoms with van der Waals surface area (Å²) < 4.78 is 2.23. The van der Waals surface area contributed by atoms with Gasteiger partial charge in [-0.3, -0.25) is 0 Å². The van der Waals surface area contributed by atoms with Gasteiger partial charge >= 0.3 is 0 Å². The molecule has 0 bridgehead atoms. The van der Waals surface area contributed by atoms with Crippen LogP contribution in [0.15, 0.2) is 12.4 Å². The van der Waals surface area contributed by atoms with Gasteiger partial charge in [-0.05, 0) is 32.4 Å². The lowest BCUT2D eigenvalue weighted by atomic mass is 10.1. The van der Waals surface area contributed by atoms with Gasteiger partial charge in [-0.15, -0.1) is 0 Å². The Kier molecular flexibility index (Phi) is 2.13. The van der Waals surface area contributed by atoms with E-state index in [4.69, 9.17) is 0 Å². The molecule has 0 amide bonds. The first-order valence-electron chi connectivity index (χ1n) is 4.55. The van der Waals surface area contributed by atoms with Crippen LogP contribution in [-0.2, 0) is 6.54 Å². The second-order valence-corrected chi connectivity index (χ2v) is 3.49. The van der Waals surface area contributed by atoms with Crippen LogP contribution in [0.5, 0.6) is 0 Å². The van der Waals surface area contributed by atoms with Gasteiger partial charge in [0.25, 0.3) is 0 Å². The van der Waals surface area contributed by atoms with Crippen LogP contribution in [0.4, 0.5) is 0 Å². The van der Waals surface area contributed by atoms with E-state index in [0.717, 1.165) is 24.8 Å². The smallest absolute Gasteiger partial charge is 0.105 e. The molecule has 0 radical (unpaired) electrons. The zero-order valence-corrected chi connectivity index (χ0v) is 7.45. The van der Waals surface area contributed by atoms with E-state index in [1.54, 1.807) is 0 Å². The van der Waals surface area contributed by atoms with Crippen molar-refractivity contribution < 1.29 is 0 Å². The first-order valence-corrected chi connectivity index (χ1v) is 4.55. The van der Waals surface area contributed by atoms with Gasteiger partial charge in [-0.1, -0.05) is 0 Å². The summed E-state index contributed by atoms with van der Waals surface area (Å²) in [5.74, 6) is 1.93. The molecule has 1 fully saturated rings. The van der Waals surface area contributed by atoms with E-state index in [1.165, 1.54) is 13.0 Å². The van der Waals surface area contributed by atoms with Crippen LogP contribution in [-0.4, -0.2) is 22.6 Å². The van der Waals surface area contributed by atoms with Crippen LogP contribution in [0.1, 0.15) is 12.2 Å². The van der Waals surface area contributed by atoms with E-state index in [9.17, 15) is 0 Å². The monoisotopic (exact) mass is 165 g/mol. The SMILES string of the molecule is Cc1nccn1CC1CCNC1. The van der Waals surface area contributed by atoms with E-state index in [2.05, 4.69) is 28.0 Å². The third kappa shape index (κ3) is 1.50. The second kappa shape index (κ2) is 3.27. The van der Waals surface area contributed by atoms with Crippen molar-refractivity contribution in [2.24, 2.45) is 5.92 Å². The lowest BCUT2D eigenvalue weighted by molar-refractivity contribution is 0.474. The molecule has 1 aliphatic rings. The summed E-state index contributed by atoms with van der Waals surface area (Å²) in [6.45, 7) is 5.53. The van der Waals surface area contributed by atoms with Crippen LogP contribution in [0.25, 0.3) is 0 Å². The van der Waals surface area contributed by atoms with Gasteiger partial charge in [-0.2, -0.15) is 0 Å². The molecule has 0 aliphatic carbocycles. The van der Waals surface area contributed by atoms with E-state index in [-0.39, 0.29) is 0 Å². The van der Waals surface area contributed by atoms with Crippen molar-refractivity contribution in [3.05, 3.63) is 18.2 Å². The van der Waals surface area contributed by atoms with Gasteiger partial charge in [0.2, 0.25) is 0 Å². The summed E-state index contributed by atoms with van der Waals surface area (Å²) in [5.41, 5.74) is 0. The molecule has 12 heavy (non-hydrogen) atoms. The molecule has 3 nitrogen and oxygen atoms in total. The predicted molar refractivity (Wildman–Crippen MR) is 47.9 cm³/mol. The van der Waals surface area contributed by atoms with Crippen LogP contribution in [0, 0.1) is 12.8 Å². The van der Waals surface area contributed by atoms with E-state index >= 15 is 0 Å². The van der Waals surface area contributed by atoms with Gasteiger partial charge in [0.1, 0.15) is 5.82 Å². The second-order valence-electron chi connectivity index (χ2n) is 3.49. The van der Waals surface area contributed by atoms with Crippen molar-refractivity contribution in [3.63, 3.8) is 0 Å². The Hall–Kier alpha value is -0.830. The Balaban J connectivity index is 1.98. The van der Waals surface area contributed by atoms with Crippen molar-refractivity contribution in [2.45, 2.75) is 19.9 Å². The molecule has 66 valence electrons. The molecule has 1 aromatic rings. The van der Waals surface area contributed by atoms with Gasteiger partial charge in [-0.25, -0.2) is 4.98 Å². The minimum atomic E-state index is 0.804. The number of hydrogen-bond acceptors (Lipinski definition) is 2. The molecule has 2 heterocycles. The summed E-state index contributed by atoms with van der Waals surface area (Å²) >= 11 is 0. The molecule has 0 aromatic carbocycles.